The van der Waals surface area contributed by atoms with Crippen molar-refractivity contribution in [2.45, 2.75) is 5.16 Å². The minimum absolute atomic E-state index is 0.0319. The lowest BCUT2D eigenvalue weighted by Crippen LogP contribution is -2.24. The smallest absolute Gasteiger partial charge is 0.269 e. The fourth-order valence-electron chi connectivity index (χ4n) is 2.58. The van der Waals surface area contributed by atoms with Gasteiger partial charge < -0.3 is 5.32 Å². The summed E-state index contributed by atoms with van der Waals surface area (Å²) in [6, 6.07) is 14.0. The second-order valence-electron chi connectivity index (χ2n) is 5.68. The number of H-pyrrole nitrogens is 1. The standard InChI is InChI=1S/C18H13ClN6O2S/c19-12-6-2-4-8-14(12)22-15(26)9-28-18-23-13-7-3-1-5-11(13)16(27)25(18)17-20-10-21-24-17/h1-8,10H,9H2,(H,22,26)(H,20,21,24). The highest BCUT2D eigenvalue weighted by Crippen LogP contribution is 2.23. The zero-order valence-corrected chi connectivity index (χ0v) is 15.9. The molecule has 0 aliphatic heterocycles. The van der Waals surface area contributed by atoms with E-state index in [9.17, 15) is 9.59 Å². The number of thioether (sulfide) groups is 1. The molecule has 0 saturated carbocycles. The molecule has 4 aromatic rings. The number of fused-ring (bicyclic) bond motifs is 1. The lowest BCUT2D eigenvalue weighted by atomic mass is 10.2. The van der Waals surface area contributed by atoms with E-state index < -0.39 is 0 Å². The van der Waals surface area contributed by atoms with Crippen molar-refractivity contribution in [3.05, 3.63) is 70.2 Å². The lowest BCUT2D eigenvalue weighted by molar-refractivity contribution is -0.113. The Kier molecular flexibility index (Phi) is 5.09. The molecule has 28 heavy (non-hydrogen) atoms. The second-order valence-corrected chi connectivity index (χ2v) is 7.03. The van der Waals surface area contributed by atoms with Crippen LogP contribution in [-0.4, -0.2) is 36.4 Å². The van der Waals surface area contributed by atoms with Gasteiger partial charge in [-0.3, -0.25) is 9.59 Å². The Bertz CT molecular complexity index is 1210. The number of halogens is 1. The molecule has 0 unspecified atom stereocenters. The number of aromatic nitrogens is 5. The van der Waals surface area contributed by atoms with Crippen molar-refractivity contribution in [3.8, 4) is 5.95 Å². The minimum atomic E-state index is -0.295. The summed E-state index contributed by atoms with van der Waals surface area (Å²) in [5.41, 5.74) is 0.766. The van der Waals surface area contributed by atoms with Crippen LogP contribution in [0.15, 0.2) is 64.8 Å². The van der Waals surface area contributed by atoms with E-state index in [1.807, 2.05) is 0 Å². The van der Waals surface area contributed by atoms with Gasteiger partial charge in [0.05, 0.1) is 27.4 Å². The van der Waals surface area contributed by atoms with E-state index in [4.69, 9.17) is 11.6 Å². The molecule has 0 atom stereocenters. The molecule has 0 aliphatic rings. The molecule has 1 amide bonds. The van der Waals surface area contributed by atoms with Crippen molar-refractivity contribution in [3.63, 3.8) is 0 Å². The molecule has 4 rings (SSSR count). The number of rotatable bonds is 5. The number of nitrogens with one attached hydrogen (secondary N) is 2. The van der Waals surface area contributed by atoms with Crippen molar-refractivity contribution >= 4 is 45.9 Å². The van der Waals surface area contributed by atoms with Gasteiger partial charge in [-0.15, -0.1) is 0 Å². The molecule has 0 radical (unpaired) electrons. The van der Waals surface area contributed by atoms with Crippen LogP contribution in [0.4, 0.5) is 5.69 Å². The van der Waals surface area contributed by atoms with Gasteiger partial charge in [-0.1, -0.05) is 47.6 Å². The number of hydrogen-bond donors (Lipinski definition) is 2. The van der Waals surface area contributed by atoms with Crippen molar-refractivity contribution in [2.24, 2.45) is 0 Å². The molecule has 0 spiro atoms. The molecule has 0 fully saturated rings. The van der Waals surface area contributed by atoms with Gasteiger partial charge in [0, 0.05) is 0 Å². The summed E-state index contributed by atoms with van der Waals surface area (Å²) in [6.07, 6.45) is 1.30. The van der Waals surface area contributed by atoms with E-state index >= 15 is 0 Å². The third kappa shape index (κ3) is 3.62. The fourth-order valence-corrected chi connectivity index (χ4v) is 3.56. The topological polar surface area (TPSA) is 106 Å². The number of carbonyl (C=O) groups is 1. The number of amides is 1. The van der Waals surface area contributed by atoms with Crippen molar-refractivity contribution < 1.29 is 4.79 Å². The maximum absolute atomic E-state index is 12.9. The molecular formula is C18H13ClN6O2S. The summed E-state index contributed by atoms with van der Waals surface area (Å²) in [7, 11) is 0. The van der Waals surface area contributed by atoms with Crippen molar-refractivity contribution in [1.82, 2.24) is 24.7 Å². The van der Waals surface area contributed by atoms with Crippen molar-refractivity contribution in [1.29, 1.82) is 0 Å². The van der Waals surface area contributed by atoms with Gasteiger partial charge in [-0.2, -0.15) is 10.1 Å². The Morgan fingerprint density at radius 2 is 1.96 bits per heavy atom. The Labute approximate surface area is 168 Å². The summed E-state index contributed by atoms with van der Waals surface area (Å²) in [4.78, 5) is 33.8. The maximum Gasteiger partial charge on any atom is 0.269 e. The van der Waals surface area contributed by atoms with E-state index in [-0.39, 0.29) is 23.2 Å². The van der Waals surface area contributed by atoms with Gasteiger partial charge in [0.2, 0.25) is 11.9 Å². The molecule has 2 N–H and O–H groups in total. The van der Waals surface area contributed by atoms with Crippen LogP contribution in [0.1, 0.15) is 0 Å². The summed E-state index contributed by atoms with van der Waals surface area (Å²) >= 11 is 7.18. The van der Waals surface area contributed by atoms with E-state index in [2.05, 4.69) is 25.5 Å². The molecule has 140 valence electrons. The highest BCUT2D eigenvalue weighted by Gasteiger charge is 2.16. The van der Waals surface area contributed by atoms with Gasteiger partial charge in [0.25, 0.3) is 5.56 Å². The van der Waals surface area contributed by atoms with Crippen LogP contribution in [0.3, 0.4) is 0 Å². The summed E-state index contributed by atoms with van der Waals surface area (Å²) < 4.78 is 1.31. The molecular weight excluding hydrogens is 400 g/mol. The van der Waals surface area contributed by atoms with E-state index in [1.165, 1.54) is 10.9 Å². The Morgan fingerprint density at radius 1 is 1.18 bits per heavy atom. The van der Waals surface area contributed by atoms with Gasteiger partial charge in [0.15, 0.2) is 5.16 Å². The zero-order chi connectivity index (χ0) is 19.5. The number of aromatic amines is 1. The predicted molar refractivity (Wildman–Crippen MR) is 108 cm³/mol. The SMILES string of the molecule is O=C(CSc1nc2ccccc2c(=O)n1-c1ncn[nH]1)Nc1ccccc1Cl. The first kappa shape index (κ1) is 18.2. The van der Waals surface area contributed by atoms with E-state index in [1.54, 1.807) is 48.5 Å². The first-order valence-corrected chi connectivity index (χ1v) is 9.54. The first-order chi connectivity index (χ1) is 13.6. The van der Waals surface area contributed by atoms with E-state index in [0.29, 0.717) is 26.8 Å². The maximum atomic E-state index is 12.9. The molecule has 2 aromatic heterocycles. The van der Waals surface area contributed by atoms with Crippen LogP contribution >= 0.6 is 23.4 Å². The molecule has 2 aromatic carbocycles. The van der Waals surface area contributed by atoms with Gasteiger partial charge >= 0.3 is 0 Å². The summed E-state index contributed by atoms with van der Waals surface area (Å²) in [5, 5.41) is 10.4. The largest absolute Gasteiger partial charge is 0.324 e. The minimum Gasteiger partial charge on any atom is -0.324 e. The normalized spacial score (nSPS) is 10.9. The zero-order valence-electron chi connectivity index (χ0n) is 14.3. The number of para-hydroxylation sites is 2. The number of benzene rings is 2. The van der Waals surface area contributed by atoms with Crippen LogP contribution < -0.4 is 10.9 Å². The van der Waals surface area contributed by atoms with Crippen molar-refractivity contribution in [2.75, 3.05) is 11.1 Å². The van der Waals surface area contributed by atoms with Crippen LogP contribution in [0.25, 0.3) is 16.9 Å². The third-order valence-electron chi connectivity index (χ3n) is 3.84. The molecule has 10 heteroatoms. The predicted octanol–water partition coefficient (Wildman–Crippen LogP) is 2.89. The van der Waals surface area contributed by atoms with Gasteiger partial charge in [-0.25, -0.2) is 14.6 Å². The third-order valence-corrected chi connectivity index (χ3v) is 5.11. The molecule has 2 heterocycles. The molecule has 0 bridgehead atoms. The molecule has 0 aliphatic carbocycles. The van der Waals surface area contributed by atoms with Crippen LogP contribution in [0.5, 0.6) is 0 Å². The summed E-state index contributed by atoms with van der Waals surface area (Å²) in [5.74, 6) is -0.00803. The van der Waals surface area contributed by atoms with Crippen LogP contribution in [-0.2, 0) is 4.79 Å². The lowest BCUT2D eigenvalue weighted by Gasteiger charge is -2.11. The Balaban J connectivity index is 1.65. The average Bonchev–Trinajstić information content (AvgIpc) is 3.22. The number of anilines is 1. The first-order valence-electron chi connectivity index (χ1n) is 8.18. The van der Waals surface area contributed by atoms with Crippen LogP contribution in [0.2, 0.25) is 5.02 Å². The number of carbonyl (C=O) groups excluding carboxylic acids is 1. The van der Waals surface area contributed by atoms with Gasteiger partial charge in [0.1, 0.15) is 6.33 Å². The molecule has 0 saturated heterocycles. The number of nitrogens with zero attached hydrogens (tertiary/aromatic N) is 4. The Hall–Kier alpha value is -3.17. The van der Waals surface area contributed by atoms with Crippen LogP contribution in [0, 0.1) is 0 Å². The monoisotopic (exact) mass is 412 g/mol. The number of hydrogen-bond acceptors (Lipinski definition) is 6. The average molecular weight is 413 g/mol. The van der Waals surface area contributed by atoms with Gasteiger partial charge in [-0.05, 0) is 24.3 Å². The second kappa shape index (κ2) is 7.83. The highest BCUT2D eigenvalue weighted by molar-refractivity contribution is 7.99. The highest BCUT2D eigenvalue weighted by atomic mass is 35.5. The van der Waals surface area contributed by atoms with E-state index in [0.717, 1.165) is 11.8 Å². The quantitative estimate of drug-likeness (QED) is 0.385. The fraction of sp³-hybridized carbons (Fsp3) is 0.0556. The Morgan fingerprint density at radius 3 is 2.75 bits per heavy atom. The molecule has 8 nitrogen and oxygen atoms in total. The summed E-state index contributed by atoms with van der Waals surface area (Å²) in [6.45, 7) is 0.